The van der Waals surface area contributed by atoms with Gasteiger partial charge in [-0.1, -0.05) is 11.6 Å². The van der Waals surface area contributed by atoms with Crippen LogP contribution < -0.4 is 4.74 Å². The number of ether oxygens (including phenoxy) is 1. The third-order valence-electron chi connectivity index (χ3n) is 5.27. The third kappa shape index (κ3) is 5.06. The summed E-state index contributed by atoms with van der Waals surface area (Å²) in [6.45, 7) is 3.96. The molecule has 1 amide bonds. The molecule has 11 heteroatoms. The van der Waals surface area contributed by atoms with E-state index in [0.29, 0.717) is 22.9 Å². The van der Waals surface area contributed by atoms with Crippen molar-refractivity contribution in [3.63, 3.8) is 0 Å². The van der Waals surface area contributed by atoms with Crippen molar-refractivity contribution in [1.82, 2.24) is 9.80 Å². The van der Waals surface area contributed by atoms with Gasteiger partial charge in [0.25, 0.3) is 10.1 Å². The molecule has 0 aliphatic carbocycles. The molecule has 168 valence electrons. The van der Waals surface area contributed by atoms with Crippen molar-refractivity contribution in [2.24, 2.45) is 0 Å². The molecule has 1 saturated heterocycles. The summed E-state index contributed by atoms with van der Waals surface area (Å²) in [5, 5.41) is 19.2. The van der Waals surface area contributed by atoms with Gasteiger partial charge < -0.3 is 19.8 Å². The van der Waals surface area contributed by atoms with Crippen molar-refractivity contribution < 1.29 is 32.3 Å². The molecule has 2 aliphatic rings. The van der Waals surface area contributed by atoms with Gasteiger partial charge in [-0.2, -0.15) is 8.42 Å². The van der Waals surface area contributed by atoms with Crippen molar-refractivity contribution in [3.05, 3.63) is 28.8 Å². The monoisotopic (exact) mass is 462 g/mol. The van der Waals surface area contributed by atoms with Crippen LogP contribution in [-0.4, -0.2) is 91.2 Å². The minimum atomic E-state index is -3.85. The van der Waals surface area contributed by atoms with Gasteiger partial charge in [0.05, 0.1) is 31.6 Å². The van der Waals surface area contributed by atoms with Crippen LogP contribution in [0.25, 0.3) is 0 Å². The van der Waals surface area contributed by atoms with Crippen molar-refractivity contribution in [2.75, 3.05) is 39.0 Å². The van der Waals surface area contributed by atoms with Crippen LogP contribution in [0, 0.1) is 0 Å². The number of hydrogen-bond acceptors (Lipinski definition) is 8. The number of nitrogens with zero attached hydrogens (tertiary/aromatic N) is 2. The number of aliphatic hydroxyl groups is 2. The predicted octanol–water partition coefficient (Wildman–Crippen LogP) is 0.394. The Morgan fingerprint density at radius 1 is 1.37 bits per heavy atom. The van der Waals surface area contributed by atoms with Crippen LogP contribution in [0.5, 0.6) is 5.75 Å². The number of hydrogen-bond donors (Lipinski definition) is 2. The molecule has 1 aromatic carbocycles. The Kier molecular flexibility index (Phi) is 6.66. The molecule has 0 radical (unpaired) electrons. The Hall–Kier alpha value is -1.43. The molecule has 30 heavy (non-hydrogen) atoms. The van der Waals surface area contributed by atoms with Gasteiger partial charge in [0.1, 0.15) is 17.5 Å². The first-order valence-electron chi connectivity index (χ1n) is 9.59. The Labute approximate surface area is 181 Å². The molecule has 2 heterocycles. The number of halogens is 1. The predicted molar refractivity (Wildman–Crippen MR) is 110 cm³/mol. The lowest BCUT2D eigenvalue weighted by Crippen LogP contribution is -2.60. The van der Waals surface area contributed by atoms with E-state index in [-0.39, 0.29) is 25.5 Å². The summed E-state index contributed by atoms with van der Waals surface area (Å²) in [4.78, 5) is 16.4. The highest BCUT2D eigenvalue weighted by molar-refractivity contribution is 7.86. The number of piperazine rings is 1. The number of benzene rings is 1. The van der Waals surface area contributed by atoms with E-state index in [1.807, 2.05) is 0 Å². The number of carbonyl (C=O) groups is 1. The Morgan fingerprint density at radius 2 is 2.07 bits per heavy atom. The first-order chi connectivity index (χ1) is 13.9. The molecule has 0 saturated carbocycles. The molecule has 0 spiro atoms. The summed E-state index contributed by atoms with van der Waals surface area (Å²) < 4.78 is 35.5. The van der Waals surface area contributed by atoms with Crippen LogP contribution in [0.4, 0.5) is 0 Å². The van der Waals surface area contributed by atoms with E-state index in [1.54, 1.807) is 41.8 Å². The smallest absolute Gasteiger partial charge is 0.264 e. The summed E-state index contributed by atoms with van der Waals surface area (Å²) in [5.41, 5.74) is -0.466. The number of amides is 1. The molecule has 0 bridgehead atoms. The molecular weight excluding hydrogens is 436 g/mol. The van der Waals surface area contributed by atoms with Crippen molar-refractivity contribution >= 4 is 27.6 Å². The number of β-amino-alcohol motifs (C(OH)–C–C–N with tert-alkyl or cyclic N) is 1. The van der Waals surface area contributed by atoms with Gasteiger partial charge in [0.2, 0.25) is 5.91 Å². The van der Waals surface area contributed by atoms with Crippen LogP contribution in [0.2, 0.25) is 5.02 Å². The highest BCUT2D eigenvalue weighted by Crippen LogP contribution is 2.46. The lowest BCUT2D eigenvalue weighted by molar-refractivity contribution is -0.148. The van der Waals surface area contributed by atoms with E-state index < -0.39 is 40.6 Å². The second-order valence-electron chi connectivity index (χ2n) is 8.21. The maximum atomic E-state index is 13.1. The molecule has 2 aliphatic heterocycles. The van der Waals surface area contributed by atoms with Gasteiger partial charge in [0.15, 0.2) is 0 Å². The van der Waals surface area contributed by atoms with Crippen LogP contribution in [0.3, 0.4) is 0 Å². The molecule has 2 N–H and O–H groups in total. The second kappa shape index (κ2) is 8.60. The molecule has 1 aromatic rings. The number of fused-ring (bicyclic) bond motifs is 1. The largest absolute Gasteiger partial charge is 0.485 e. The quantitative estimate of drug-likeness (QED) is 0.583. The van der Waals surface area contributed by atoms with E-state index in [0.717, 1.165) is 6.26 Å². The third-order valence-corrected chi connectivity index (χ3v) is 6.06. The van der Waals surface area contributed by atoms with Crippen LogP contribution in [0.1, 0.15) is 25.5 Å². The van der Waals surface area contributed by atoms with Crippen molar-refractivity contribution in [3.8, 4) is 5.75 Å². The van der Waals surface area contributed by atoms with E-state index in [1.165, 1.54) is 0 Å². The Bertz CT molecular complexity index is 908. The zero-order valence-electron chi connectivity index (χ0n) is 17.1. The number of rotatable bonds is 6. The topological polar surface area (TPSA) is 117 Å². The first kappa shape index (κ1) is 23.2. The highest BCUT2D eigenvalue weighted by Gasteiger charge is 2.50. The lowest BCUT2D eigenvalue weighted by Gasteiger charge is -2.49. The van der Waals surface area contributed by atoms with Crippen molar-refractivity contribution in [2.45, 2.75) is 37.7 Å². The maximum Gasteiger partial charge on any atom is 0.264 e. The summed E-state index contributed by atoms with van der Waals surface area (Å²) in [5.74, 6) is 0.260. The molecule has 0 aromatic heterocycles. The fourth-order valence-corrected chi connectivity index (χ4v) is 4.85. The van der Waals surface area contributed by atoms with Crippen LogP contribution in [-0.2, 0) is 19.1 Å². The standard InChI is InChI=1S/C19H27ClN2O7S/c1-19(2)18(29-30(3,26)27)17(14-8-12(20)4-5-15(14)28-19)22-7-6-21(10-16(22)25)9-13(24)11-23/h4-5,8,13,17-18,23-24H,6-7,9-11H2,1-3H3/t13?,17-,18+/m1/s1. The van der Waals surface area contributed by atoms with Crippen molar-refractivity contribution in [1.29, 1.82) is 0 Å². The number of aliphatic hydroxyl groups excluding tert-OH is 2. The van der Waals surface area contributed by atoms with Gasteiger partial charge in [-0.05, 0) is 32.0 Å². The van der Waals surface area contributed by atoms with E-state index in [4.69, 9.17) is 25.6 Å². The second-order valence-corrected chi connectivity index (χ2v) is 10.2. The Morgan fingerprint density at radius 3 is 2.67 bits per heavy atom. The lowest BCUT2D eigenvalue weighted by atomic mass is 9.85. The molecule has 3 rings (SSSR count). The molecule has 1 fully saturated rings. The first-order valence-corrected chi connectivity index (χ1v) is 11.8. The summed E-state index contributed by atoms with van der Waals surface area (Å²) >= 11 is 6.19. The fourth-order valence-electron chi connectivity index (χ4n) is 3.96. The number of carbonyl (C=O) groups excluding carboxylic acids is 1. The van der Waals surface area contributed by atoms with E-state index >= 15 is 0 Å². The van der Waals surface area contributed by atoms with Gasteiger partial charge in [-0.15, -0.1) is 0 Å². The summed E-state index contributed by atoms with van der Waals surface area (Å²) in [7, 11) is -3.85. The average Bonchev–Trinajstić information content (AvgIpc) is 2.62. The molecule has 9 nitrogen and oxygen atoms in total. The van der Waals surface area contributed by atoms with E-state index in [9.17, 15) is 18.3 Å². The van der Waals surface area contributed by atoms with Crippen LogP contribution in [0.15, 0.2) is 18.2 Å². The summed E-state index contributed by atoms with van der Waals surface area (Å²) in [6, 6.07) is 4.29. The molecule has 3 atom stereocenters. The minimum absolute atomic E-state index is 0.0241. The summed E-state index contributed by atoms with van der Waals surface area (Å²) in [6.07, 6.45) is -0.965. The molecular formula is C19H27ClN2O7S. The minimum Gasteiger partial charge on any atom is -0.485 e. The maximum absolute atomic E-state index is 13.1. The SMILES string of the molecule is CC1(C)Oc2ccc(Cl)cc2[C@@H](N2CCN(CC(O)CO)CC2=O)[C@@H]1OS(C)(=O)=O. The zero-order chi connectivity index (χ0) is 22.3. The normalized spacial score (nSPS) is 25.5. The van der Waals surface area contributed by atoms with Gasteiger partial charge >= 0.3 is 0 Å². The van der Waals surface area contributed by atoms with Crippen LogP contribution >= 0.6 is 11.6 Å². The molecule has 1 unspecified atom stereocenters. The van der Waals surface area contributed by atoms with Gasteiger partial charge in [-0.25, -0.2) is 0 Å². The fraction of sp³-hybridized carbons (Fsp3) is 0.632. The van der Waals surface area contributed by atoms with Gasteiger partial charge in [0, 0.05) is 30.2 Å². The van der Waals surface area contributed by atoms with E-state index in [2.05, 4.69) is 0 Å². The highest BCUT2D eigenvalue weighted by atomic mass is 35.5. The zero-order valence-corrected chi connectivity index (χ0v) is 18.7. The van der Waals surface area contributed by atoms with Gasteiger partial charge in [-0.3, -0.25) is 13.9 Å². The average molecular weight is 463 g/mol. The Balaban J connectivity index is 1.98.